The number of sulfonamides is 1. The van der Waals surface area contributed by atoms with Crippen LogP contribution in [0.1, 0.15) is 30.5 Å². The molecule has 38 heavy (non-hydrogen) atoms. The van der Waals surface area contributed by atoms with Gasteiger partial charge in [0.25, 0.3) is 0 Å². The maximum Gasteiger partial charge on any atom is 0.244 e. The average molecular weight is 538 g/mol. The van der Waals surface area contributed by atoms with Crippen LogP contribution < -0.4 is 14.4 Å². The minimum atomic E-state index is -3.81. The summed E-state index contributed by atoms with van der Waals surface area (Å²) in [6.07, 6.45) is 1.05. The fourth-order valence-corrected chi connectivity index (χ4v) is 4.79. The van der Waals surface area contributed by atoms with E-state index in [4.69, 9.17) is 4.74 Å². The normalized spacial score (nSPS) is 11.9. The summed E-state index contributed by atoms with van der Waals surface area (Å²) in [7, 11) is -3.81. The second-order valence-electron chi connectivity index (χ2n) is 9.06. The number of anilines is 1. The smallest absolute Gasteiger partial charge is 0.244 e. The number of nitrogens with one attached hydrogen (secondary N) is 1. The number of rotatable bonds is 12. The van der Waals surface area contributed by atoms with Gasteiger partial charge in [0.2, 0.25) is 21.8 Å². The molecular formula is C29H35N3O5S. The lowest BCUT2D eigenvalue weighted by molar-refractivity contribution is -0.139. The minimum absolute atomic E-state index is 0.174. The minimum Gasteiger partial charge on any atom is -0.489 e. The number of aryl methyl sites for hydroxylation is 1. The molecule has 0 saturated heterocycles. The van der Waals surface area contributed by atoms with Crippen LogP contribution in [0.25, 0.3) is 0 Å². The molecule has 0 radical (unpaired) electrons. The molecule has 0 aromatic heterocycles. The van der Waals surface area contributed by atoms with E-state index in [1.54, 1.807) is 38.1 Å². The highest BCUT2D eigenvalue weighted by Gasteiger charge is 2.30. The zero-order valence-corrected chi connectivity index (χ0v) is 23.1. The Kier molecular flexibility index (Phi) is 9.90. The van der Waals surface area contributed by atoms with Crippen LogP contribution in [0.15, 0.2) is 78.9 Å². The third-order valence-corrected chi connectivity index (χ3v) is 7.31. The molecule has 3 aromatic rings. The summed E-state index contributed by atoms with van der Waals surface area (Å²) in [5, 5.41) is 2.75. The quantitative estimate of drug-likeness (QED) is 0.378. The van der Waals surface area contributed by atoms with Crippen LogP contribution in [0, 0.1) is 6.92 Å². The van der Waals surface area contributed by atoms with Crippen molar-refractivity contribution >= 4 is 27.5 Å². The zero-order valence-electron chi connectivity index (χ0n) is 22.3. The molecule has 202 valence electrons. The van der Waals surface area contributed by atoms with Crippen LogP contribution in [0.3, 0.4) is 0 Å². The number of hydrogen-bond acceptors (Lipinski definition) is 5. The highest BCUT2D eigenvalue weighted by atomic mass is 32.2. The van der Waals surface area contributed by atoms with Gasteiger partial charge in [-0.25, -0.2) is 8.42 Å². The first-order valence-corrected chi connectivity index (χ1v) is 14.3. The van der Waals surface area contributed by atoms with E-state index in [1.807, 2.05) is 61.5 Å². The lowest BCUT2D eigenvalue weighted by atomic mass is 10.1. The molecule has 0 spiro atoms. The molecule has 1 unspecified atom stereocenters. The van der Waals surface area contributed by atoms with Crippen molar-refractivity contribution in [2.45, 2.75) is 40.0 Å². The third kappa shape index (κ3) is 7.82. The second-order valence-corrected chi connectivity index (χ2v) is 11.0. The molecule has 0 aliphatic carbocycles. The number of amides is 2. The number of carbonyl (C=O) groups is 2. The Morgan fingerprint density at radius 3 is 2.18 bits per heavy atom. The van der Waals surface area contributed by atoms with Gasteiger partial charge < -0.3 is 15.0 Å². The van der Waals surface area contributed by atoms with E-state index in [-0.39, 0.29) is 12.5 Å². The molecule has 0 fully saturated rings. The van der Waals surface area contributed by atoms with Gasteiger partial charge in [0.15, 0.2) is 0 Å². The van der Waals surface area contributed by atoms with Gasteiger partial charge in [-0.1, -0.05) is 54.6 Å². The van der Waals surface area contributed by atoms with Gasteiger partial charge in [-0.15, -0.1) is 0 Å². The Morgan fingerprint density at radius 1 is 0.947 bits per heavy atom. The van der Waals surface area contributed by atoms with Crippen LogP contribution in [-0.2, 0) is 32.8 Å². The molecule has 0 aliphatic rings. The highest BCUT2D eigenvalue weighted by molar-refractivity contribution is 7.92. The van der Waals surface area contributed by atoms with Crippen molar-refractivity contribution in [2.75, 3.05) is 23.7 Å². The molecule has 0 saturated carbocycles. The molecular weight excluding hydrogens is 502 g/mol. The molecule has 0 aliphatic heterocycles. The molecule has 8 nitrogen and oxygen atoms in total. The first-order chi connectivity index (χ1) is 18.1. The SMILES string of the molecule is CCNC(=O)C(C)N(Cc1ccccc1C)C(=O)CN(c1ccc(OCc2ccccc2)cc1)S(C)(=O)=O. The average Bonchev–Trinajstić information content (AvgIpc) is 2.90. The molecule has 9 heteroatoms. The van der Waals surface area contributed by atoms with E-state index < -0.39 is 28.5 Å². The van der Waals surface area contributed by atoms with Crippen LogP contribution in [0.5, 0.6) is 5.75 Å². The van der Waals surface area contributed by atoms with E-state index in [1.165, 1.54) is 4.90 Å². The van der Waals surface area contributed by atoms with Gasteiger partial charge >= 0.3 is 0 Å². The van der Waals surface area contributed by atoms with E-state index in [9.17, 15) is 18.0 Å². The van der Waals surface area contributed by atoms with Crippen LogP contribution in [0.2, 0.25) is 0 Å². The Hall–Kier alpha value is -3.85. The predicted octanol–water partition coefficient (Wildman–Crippen LogP) is 3.89. The number of carbonyl (C=O) groups excluding carboxylic acids is 2. The van der Waals surface area contributed by atoms with Crippen molar-refractivity contribution in [1.82, 2.24) is 10.2 Å². The summed E-state index contributed by atoms with van der Waals surface area (Å²) in [5.41, 5.74) is 3.19. The molecule has 2 amide bonds. The Bertz CT molecular complexity index is 1330. The summed E-state index contributed by atoms with van der Waals surface area (Å²) in [6, 6.07) is 23.0. The lowest BCUT2D eigenvalue weighted by Gasteiger charge is -2.31. The maximum absolute atomic E-state index is 13.6. The number of benzene rings is 3. The molecule has 0 heterocycles. The van der Waals surface area contributed by atoms with Crippen molar-refractivity contribution in [3.8, 4) is 5.75 Å². The zero-order chi connectivity index (χ0) is 27.7. The summed E-state index contributed by atoms with van der Waals surface area (Å²) in [4.78, 5) is 27.7. The number of ether oxygens (including phenoxy) is 1. The van der Waals surface area contributed by atoms with E-state index in [2.05, 4.69) is 5.32 Å². The standard InChI is InChI=1S/C29H35N3O5S/c1-5-30-29(34)23(3)31(19-25-14-10-9-11-22(25)2)28(33)20-32(38(4,35)36)26-15-17-27(18-16-26)37-21-24-12-7-6-8-13-24/h6-18,23H,5,19-21H2,1-4H3,(H,30,34). The van der Waals surface area contributed by atoms with Gasteiger partial charge in [-0.3, -0.25) is 13.9 Å². The van der Waals surface area contributed by atoms with Crippen LogP contribution in [-0.4, -0.2) is 50.5 Å². The Labute approximate surface area is 225 Å². The first-order valence-electron chi connectivity index (χ1n) is 12.5. The fourth-order valence-electron chi connectivity index (χ4n) is 3.94. The third-order valence-electron chi connectivity index (χ3n) is 6.17. The molecule has 1 atom stereocenters. The molecule has 3 rings (SSSR count). The summed E-state index contributed by atoms with van der Waals surface area (Å²) in [6.45, 7) is 5.90. The van der Waals surface area contributed by atoms with E-state index in [0.717, 1.165) is 27.3 Å². The largest absolute Gasteiger partial charge is 0.489 e. The maximum atomic E-state index is 13.6. The Balaban J connectivity index is 1.82. The summed E-state index contributed by atoms with van der Waals surface area (Å²) < 4.78 is 32.3. The monoisotopic (exact) mass is 537 g/mol. The van der Waals surface area contributed by atoms with Crippen molar-refractivity contribution in [3.05, 3.63) is 95.6 Å². The van der Waals surface area contributed by atoms with Crippen molar-refractivity contribution in [2.24, 2.45) is 0 Å². The fraction of sp³-hybridized carbons (Fsp3) is 0.310. The van der Waals surface area contributed by atoms with Gasteiger partial charge in [0.1, 0.15) is 24.9 Å². The number of likely N-dealkylation sites (N-methyl/N-ethyl adjacent to an activating group) is 1. The Morgan fingerprint density at radius 2 is 1.58 bits per heavy atom. The summed E-state index contributed by atoms with van der Waals surface area (Å²) >= 11 is 0. The number of hydrogen-bond donors (Lipinski definition) is 1. The number of nitrogens with zero attached hydrogens (tertiary/aromatic N) is 2. The predicted molar refractivity (Wildman–Crippen MR) is 149 cm³/mol. The van der Waals surface area contributed by atoms with E-state index >= 15 is 0 Å². The van der Waals surface area contributed by atoms with Gasteiger partial charge in [0.05, 0.1) is 11.9 Å². The van der Waals surface area contributed by atoms with Crippen LogP contribution >= 0.6 is 0 Å². The van der Waals surface area contributed by atoms with Crippen molar-refractivity contribution in [1.29, 1.82) is 0 Å². The molecule has 3 aromatic carbocycles. The lowest BCUT2D eigenvalue weighted by Crippen LogP contribution is -2.51. The van der Waals surface area contributed by atoms with Gasteiger partial charge in [-0.2, -0.15) is 0 Å². The highest BCUT2D eigenvalue weighted by Crippen LogP contribution is 2.23. The van der Waals surface area contributed by atoms with Crippen LogP contribution in [0.4, 0.5) is 5.69 Å². The van der Waals surface area contributed by atoms with Gasteiger partial charge in [-0.05, 0) is 61.7 Å². The summed E-state index contributed by atoms with van der Waals surface area (Å²) in [5.74, 6) is -0.217. The molecule has 0 bridgehead atoms. The first kappa shape index (κ1) is 28.7. The van der Waals surface area contributed by atoms with Crippen molar-refractivity contribution in [3.63, 3.8) is 0 Å². The van der Waals surface area contributed by atoms with E-state index in [0.29, 0.717) is 24.6 Å². The second kappa shape index (κ2) is 13.1. The topological polar surface area (TPSA) is 96.0 Å². The van der Waals surface area contributed by atoms with Crippen molar-refractivity contribution < 1.29 is 22.7 Å². The van der Waals surface area contributed by atoms with Gasteiger partial charge in [0, 0.05) is 13.1 Å². The molecule has 1 N–H and O–H groups in total.